The SMILES string of the molecule is COC(=O)c1cnc(C2(C(F)(F)F)CC2)cc1Oc1ccc(OC(F)(F)F)cc1OC.COc1cc(OC(F)(F)F)ccc1Oc1cc(C2(C(F)(F)F)CC2)ncc1C(=O)O. The van der Waals surface area contributed by atoms with E-state index in [-0.39, 0.29) is 65.7 Å². The van der Waals surface area contributed by atoms with Crippen molar-refractivity contribution >= 4 is 11.9 Å². The lowest BCUT2D eigenvalue weighted by Gasteiger charge is -2.20. The number of aromatic nitrogens is 2. The van der Waals surface area contributed by atoms with E-state index in [1.54, 1.807) is 0 Å². The van der Waals surface area contributed by atoms with Gasteiger partial charge in [-0.15, -0.1) is 26.3 Å². The van der Waals surface area contributed by atoms with Gasteiger partial charge in [-0.25, -0.2) is 9.59 Å². The minimum Gasteiger partial charge on any atom is -0.493 e. The van der Waals surface area contributed by atoms with Gasteiger partial charge in [-0.05, 0) is 49.9 Å². The number of hydrogen-bond donors (Lipinski definition) is 1. The molecular formula is C37H28F12N2O10. The number of carbonyl (C=O) groups excluding carboxylic acids is 1. The van der Waals surface area contributed by atoms with Crippen molar-refractivity contribution in [3.8, 4) is 46.0 Å². The van der Waals surface area contributed by atoms with Gasteiger partial charge in [0.25, 0.3) is 0 Å². The van der Waals surface area contributed by atoms with Crippen LogP contribution in [0.2, 0.25) is 0 Å². The summed E-state index contributed by atoms with van der Waals surface area (Å²) in [5.41, 5.74) is -5.90. The lowest BCUT2D eigenvalue weighted by Crippen LogP contribution is -2.29. The van der Waals surface area contributed by atoms with E-state index in [9.17, 15) is 67.4 Å². The average molecular weight is 889 g/mol. The number of esters is 1. The van der Waals surface area contributed by atoms with Gasteiger partial charge < -0.3 is 38.3 Å². The van der Waals surface area contributed by atoms with Gasteiger partial charge in [0.1, 0.15) is 45.0 Å². The van der Waals surface area contributed by atoms with Crippen LogP contribution >= 0.6 is 0 Å². The summed E-state index contributed by atoms with van der Waals surface area (Å²) in [5.74, 6) is -5.35. The van der Waals surface area contributed by atoms with Crippen LogP contribution in [-0.2, 0) is 15.6 Å². The summed E-state index contributed by atoms with van der Waals surface area (Å²) in [6.45, 7) is 0. The van der Waals surface area contributed by atoms with Crippen molar-refractivity contribution in [1.29, 1.82) is 0 Å². The number of halogens is 12. The van der Waals surface area contributed by atoms with Crippen molar-refractivity contribution in [3.63, 3.8) is 0 Å². The lowest BCUT2D eigenvalue weighted by atomic mass is 10.00. The molecule has 2 aliphatic rings. The summed E-state index contributed by atoms with van der Waals surface area (Å²) >= 11 is 0. The first-order valence-electron chi connectivity index (χ1n) is 17.0. The minimum atomic E-state index is -4.96. The summed E-state index contributed by atoms with van der Waals surface area (Å²) in [6.07, 6.45) is -18.2. The number of ether oxygens (including phenoxy) is 7. The second kappa shape index (κ2) is 16.6. The van der Waals surface area contributed by atoms with Crippen LogP contribution in [0.1, 0.15) is 57.8 Å². The number of alkyl halides is 12. The minimum absolute atomic E-state index is 0.170. The van der Waals surface area contributed by atoms with Gasteiger partial charge in [0.15, 0.2) is 23.0 Å². The van der Waals surface area contributed by atoms with Crippen molar-refractivity contribution in [2.75, 3.05) is 21.3 Å². The number of nitrogens with zero attached hydrogens (tertiary/aromatic N) is 2. The number of rotatable bonds is 12. The summed E-state index contributed by atoms with van der Waals surface area (Å²) in [6, 6.07) is 7.40. The Balaban J connectivity index is 0.000000231. The predicted molar refractivity (Wildman–Crippen MR) is 180 cm³/mol. The largest absolute Gasteiger partial charge is 0.573 e. The maximum atomic E-state index is 13.5. The molecule has 0 spiro atoms. The average Bonchev–Trinajstić information content (AvgIpc) is 4.09. The molecule has 2 aliphatic carbocycles. The van der Waals surface area contributed by atoms with Gasteiger partial charge in [0, 0.05) is 36.7 Å². The van der Waals surface area contributed by atoms with E-state index in [0.29, 0.717) is 0 Å². The van der Waals surface area contributed by atoms with Crippen LogP contribution in [0.15, 0.2) is 60.9 Å². The highest BCUT2D eigenvalue weighted by atomic mass is 19.4. The van der Waals surface area contributed by atoms with Crippen LogP contribution in [0.4, 0.5) is 52.7 Å². The predicted octanol–water partition coefficient (Wildman–Crippen LogP) is 10.2. The first-order valence-corrected chi connectivity index (χ1v) is 17.0. The summed E-state index contributed by atoms with van der Waals surface area (Å²) in [7, 11) is 3.31. The van der Waals surface area contributed by atoms with Crippen molar-refractivity contribution in [3.05, 3.63) is 83.4 Å². The number of aromatic carboxylic acids is 1. The Morgan fingerprint density at radius 1 is 0.557 bits per heavy atom. The molecule has 2 aromatic carbocycles. The number of benzene rings is 2. The molecule has 1 N–H and O–H groups in total. The van der Waals surface area contributed by atoms with Gasteiger partial charge in [0.05, 0.1) is 32.7 Å². The molecule has 2 fully saturated rings. The Morgan fingerprint density at radius 2 is 0.934 bits per heavy atom. The zero-order chi connectivity index (χ0) is 45.3. The molecule has 4 aromatic rings. The van der Waals surface area contributed by atoms with Gasteiger partial charge >= 0.3 is 37.0 Å². The molecule has 24 heteroatoms. The molecule has 0 saturated heterocycles. The fraction of sp³-hybridized carbons (Fsp3) is 0.351. The number of pyridine rings is 2. The molecule has 61 heavy (non-hydrogen) atoms. The molecule has 0 radical (unpaired) electrons. The quantitative estimate of drug-likeness (QED) is 0.107. The third-order valence-corrected chi connectivity index (χ3v) is 9.11. The van der Waals surface area contributed by atoms with Gasteiger partial charge in [-0.2, -0.15) is 26.3 Å². The molecule has 6 rings (SSSR count). The Morgan fingerprint density at radius 3 is 1.25 bits per heavy atom. The first-order chi connectivity index (χ1) is 28.3. The van der Waals surface area contributed by atoms with Crippen LogP contribution in [0.25, 0.3) is 0 Å². The van der Waals surface area contributed by atoms with Crippen molar-refractivity contribution in [1.82, 2.24) is 9.97 Å². The fourth-order valence-electron chi connectivity index (χ4n) is 5.71. The second-order valence-corrected chi connectivity index (χ2v) is 13.0. The van der Waals surface area contributed by atoms with Crippen LogP contribution in [0.3, 0.4) is 0 Å². The summed E-state index contributed by atoms with van der Waals surface area (Å²) < 4.78 is 188. The zero-order valence-corrected chi connectivity index (χ0v) is 31.2. The van der Waals surface area contributed by atoms with Crippen LogP contribution < -0.4 is 28.4 Å². The lowest BCUT2D eigenvalue weighted by molar-refractivity contribution is -0.275. The Labute approximate surface area is 334 Å². The Bertz CT molecular complexity index is 2270. The highest BCUT2D eigenvalue weighted by Gasteiger charge is 2.66. The molecule has 0 aliphatic heterocycles. The topological polar surface area (TPSA) is 145 Å². The number of hydrogen-bond acceptors (Lipinski definition) is 11. The standard InChI is InChI=1S/C19H15F6NO5.C18H13F6NO5/c1-28-14-7-10(31-19(23,24)25)3-4-12(14)30-13-8-15(17(5-6-17)18(20,21)22)26-9-11(13)16(27)29-2;1-28-13-6-9(30-18(22,23)24)2-3-11(13)29-12-7-14(25-8-10(12)15(26)27)16(4-5-16)17(19,20)21/h3-4,7-9H,5-6H2,1-2H3;2-3,6-8H,4-5H2,1H3,(H,26,27). The third-order valence-electron chi connectivity index (χ3n) is 9.11. The maximum absolute atomic E-state index is 13.5. The van der Waals surface area contributed by atoms with E-state index in [2.05, 4.69) is 24.2 Å². The second-order valence-electron chi connectivity index (χ2n) is 13.0. The smallest absolute Gasteiger partial charge is 0.493 e. The Kier molecular flexibility index (Phi) is 12.4. The highest BCUT2D eigenvalue weighted by molar-refractivity contribution is 5.92. The summed E-state index contributed by atoms with van der Waals surface area (Å²) in [5, 5.41) is 9.29. The Hall–Kier alpha value is -6.36. The molecular weight excluding hydrogens is 860 g/mol. The normalized spacial score (nSPS) is 15.3. The van der Waals surface area contributed by atoms with E-state index in [1.165, 1.54) is 0 Å². The first kappa shape index (κ1) is 45.7. The molecule has 12 nitrogen and oxygen atoms in total. The zero-order valence-electron chi connectivity index (χ0n) is 31.2. The van der Waals surface area contributed by atoms with E-state index in [1.807, 2.05) is 0 Å². The number of methoxy groups -OCH3 is 3. The van der Waals surface area contributed by atoms with Crippen LogP contribution in [0.5, 0.6) is 46.0 Å². The molecule has 330 valence electrons. The van der Waals surface area contributed by atoms with E-state index in [4.69, 9.17) is 18.9 Å². The van der Waals surface area contributed by atoms with Crippen molar-refractivity contribution in [2.45, 2.75) is 61.6 Å². The molecule has 0 atom stereocenters. The van der Waals surface area contributed by atoms with E-state index >= 15 is 0 Å². The number of carbonyl (C=O) groups is 2. The van der Waals surface area contributed by atoms with E-state index < -0.39 is 76.4 Å². The molecule has 2 saturated carbocycles. The van der Waals surface area contributed by atoms with Gasteiger partial charge in [-0.1, -0.05) is 0 Å². The van der Waals surface area contributed by atoms with Crippen molar-refractivity contribution < 1.29 is 101 Å². The highest BCUT2D eigenvalue weighted by Crippen LogP contribution is 2.60. The van der Waals surface area contributed by atoms with Crippen LogP contribution in [-0.4, -0.2) is 73.4 Å². The monoisotopic (exact) mass is 888 g/mol. The van der Waals surface area contributed by atoms with E-state index in [0.717, 1.165) is 82.3 Å². The third kappa shape index (κ3) is 10.3. The molecule has 2 aromatic heterocycles. The maximum Gasteiger partial charge on any atom is 0.573 e. The molecule has 2 heterocycles. The molecule has 0 bridgehead atoms. The summed E-state index contributed by atoms with van der Waals surface area (Å²) in [4.78, 5) is 30.9. The number of carboxylic acids is 1. The van der Waals surface area contributed by atoms with Gasteiger partial charge in [0.2, 0.25) is 0 Å². The molecule has 0 amide bonds. The molecule has 0 unspecified atom stereocenters. The fourth-order valence-corrected chi connectivity index (χ4v) is 5.71. The van der Waals surface area contributed by atoms with Gasteiger partial charge in [-0.3, -0.25) is 9.97 Å². The van der Waals surface area contributed by atoms with Crippen molar-refractivity contribution in [2.24, 2.45) is 0 Å². The number of carboxylic acid groups (broad SMARTS) is 1. The van der Waals surface area contributed by atoms with Crippen LogP contribution in [0, 0.1) is 0 Å².